The number of nitrogens with one attached hydrogen (secondary N) is 6. The number of benzene rings is 4. The molecule has 532 valence electrons. The van der Waals surface area contributed by atoms with E-state index in [4.69, 9.17) is 38.9 Å². The van der Waals surface area contributed by atoms with Crippen LogP contribution in [0.15, 0.2) is 90.4 Å². The van der Waals surface area contributed by atoms with Gasteiger partial charge < -0.3 is 91.4 Å². The molecule has 0 aromatic heterocycles. The summed E-state index contributed by atoms with van der Waals surface area (Å²) in [5, 5.41) is 28.6. The number of amides is 8. The molecular formula is C72H94N11O16+. The SMILES string of the molecule is COc1ccc(C2=CN3C(=O)c4cc(OC)c(OCCCCCOc5cc6c(cc5OC)C(=O)N5CCCCCCC5C(O)N6C(=O)OCc5ccc(NC(=O)C(C)NC(=O)C(NC(=O)CNC(=O)CNC(=O)OCC6C7CCC(N)=C([NH3+])CCC76)C(C)C)cc5)cc4NCC3C2)cc1. The van der Waals surface area contributed by atoms with Gasteiger partial charge in [0.05, 0.1) is 88.0 Å². The minimum Gasteiger partial charge on any atom is -0.497 e. The number of aliphatic hydroxyl groups excluding tert-OH is 1. The Morgan fingerprint density at radius 1 is 0.717 bits per heavy atom. The van der Waals surface area contributed by atoms with E-state index >= 15 is 0 Å². The minimum atomic E-state index is -1.49. The van der Waals surface area contributed by atoms with Crippen LogP contribution < -0.4 is 72.0 Å². The number of methoxy groups -OCH3 is 3. The first-order valence-corrected chi connectivity index (χ1v) is 34.3. The molecule has 8 atom stereocenters. The first-order valence-electron chi connectivity index (χ1n) is 34.3. The molecule has 4 aromatic carbocycles. The summed E-state index contributed by atoms with van der Waals surface area (Å²) in [6.45, 7) is 5.47. The molecular weight excluding hydrogens is 1270 g/mol. The lowest BCUT2D eigenvalue weighted by Crippen LogP contribution is -2.55. The molecule has 0 bridgehead atoms. The van der Waals surface area contributed by atoms with Crippen LogP contribution in [0.3, 0.4) is 0 Å². The molecule has 8 unspecified atom stereocenters. The second-order valence-electron chi connectivity index (χ2n) is 26.4. The molecule has 6 aliphatic rings. The summed E-state index contributed by atoms with van der Waals surface area (Å²) in [5.41, 5.74) is 16.3. The van der Waals surface area contributed by atoms with E-state index < -0.39 is 79.2 Å². The van der Waals surface area contributed by atoms with Crippen LogP contribution in [0.1, 0.15) is 136 Å². The fraction of sp³-hybridized carbons (Fsp3) is 0.500. The molecule has 99 heavy (non-hydrogen) atoms. The Hall–Kier alpha value is -9.76. The number of allylic oxidation sites excluding steroid dienone is 2. The van der Waals surface area contributed by atoms with Crippen LogP contribution >= 0.6 is 0 Å². The first kappa shape index (κ1) is 72.0. The van der Waals surface area contributed by atoms with Crippen molar-refractivity contribution >= 4 is 70.3 Å². The lowest BCUT2D eigenvalue weighted by molar-refractivity contribution is -0.309. The monoisotopic (exact) mass is 1370 g/mol. The zero-order valence-electron chi connectivity index (χ0n) is 57.2. The van der Waals surface area contributed by atoms with Gasteiger partial charge in [-0.3, -0.25) is 28.8 Å². The number of fused-ring (bicyclic) bond motifs is 5. The molecule has 10 rings (SSSR count). The average Bonchev–Trinajstić information content (AvgIpc) is 1.35. The van der Waals surface area contributed by atoms with Crippen molar-refractivity contribution in [3.8, 4) is 28.7 Å². The summed E-state index contributed by atoms with van der Waals surface area (Å²) in [5.74, 6) is -0.101. The fourth-order valence-electron chi connectivity index (χ4n) is 13.6. The van der Waals surface area contributed by atoms with Gasteiger partial charge in [-0.25, -0.2) is 14.5 Å². The van der Waals surface area contributed by atoms with E-state index in [1.165, 1.54) is 33.3 Å². The van der Waals surface area contributed by atoms with Gasteiger partial charge in [0, 0.05) is 43.5 Å². The number of aliphatic hydroxyl groups is 1. The number of nitrogens with zero attached hydrogens (tertiary/aromatic N) is 3. The number of alkyl carbamates (subject to hydrolysis) is 1. The Kier molecular flexibility index (Phi) is 24.1. The van der Waals surface area contributed by atoms with Crippen molar-refractivity contribution in [1.82, 2.24) is 31.1 Å². The van der Waals surface area contributed by atoms with Crippen LogP contribution in [0.5, 0.6) is 28.7 Å². The first-order chi connectivity index (χ1) is 47.7. The smallest absolute Gasteiger partial charge is 0.416 e. The number of hydrogen-bond donors (Lipinski definition) is 9. The van der Waals surface area contributed by atoms with Gasteiger partial charge in [0.1, 0.15) is 36.7 Å². The topological polar surface area (TPSA) is 357 Å². The van der Waals surface area contributed by atoms with Crippen molar-refractivity contribution < 1.29 is 82.4 Å². The van der Waals surface area contributed by atoms with E-state index in [0.717, 1.165) is 78.1 Å². The van der Waals surface area contributed by atoms with Crippen molar-refractivity contribution in [2.75, 3.05) is 82.9 Å². The molecule has 0 radical (unpaired) electrons. The summed E-state index contributed by atoms with van der Waals surface area (Å²) in [7, 11) is 4.63. The van der Waals surface area contributed by atoms with Gasteiger partial charge in [0.2, 0.25) is 23.6 Å². The zero-order chi connectivity index (χ0) is 70.4. The van der Waals surface area contributed by atoms with E-state index in [1.54, 1.807) is 61.1 Å². The predicted octanol–water partition coefficient (Wildman–Crippen LogP) is 6.55. The standard InChI is InChI=1S/C72H93N11O16/c1-41(2)65(80-64(85)37-76-63(84)36-77-71(91)98-40-53-49-23-25-54(73)55(74)26-24-50(49)53)67(87)78-42(3)66(86)79-46-19-15-43(16-20-46)39-99-72(92)83-58-34-62(60(95-6)32-52(58)69(89)81-27-11-8-7-10-14-57(81)70(83)90)97-29-13-9-12-28-96-61-33-56-51(31-59(61)94-5)68(88)82-38-45(30-47(82)35-75-56)44-17-21-48(93-4)22-18-44/h15-22,31-34,38,41-42,47,49-50,53,57,65,70,75,90H,7-14,23-30,35-37,39-40,73-74H2,1-6H3,(H,76,84)(H,77,91)(H,78,87)(H,79,86)(H,80,85)/p+1. The third-order valence-electron chi connectivity index (χ3n) is 19.4. The Labute approximate surface area is 576 Å². The molecule has 2 fully saturated rings. The number of rotatable bonds is 26. The van der Waals surface area contributed by atoms with Gasteiger partial charge >= 0.3 is 12.2 Å². The minimum absolute atomic E-state index is 0.0728. The number of unbranched alkanes of at least 4 members (excludes halogenated alkanes) is 2. The molecule has 27 nitrogen and oxygen atoms in total. The van der Waals surface area contributed by atoms with Crippen molar-refractivity contribution in [1.29, 1.82) is 0 Å². The molecule has 1 saturated carbocycles. The van der Waals surface area contributed by atoms with Crippen LogP contribution in [0.4, 0.5) is 26.7 Å². The lowest BCUT2D eigenvalue weighted by Gasteiger charge is -2.37. The van der Waals surface area contributed by atoms with Crippen molar-refractivity contribution in [2.24, 2.45) is 29.4 Å². The molecule has 27 heteroatoms. The highest BCUT2D eigenvalue weighted by atomic mass is 16.6. The maximum atomic E-state index is 14.6. The molecule has 1 saturated heterocycles. The number of carbonyl (C=O) groups excluding carboxylic acids is 8. The quantitative estimate of drug-likeness (QED) is 0.0301. The third kappa shape index (κ3) is 17.8. The van der Waals surface area contributed by atoms with E-state index in [2.05, 4.69) is 37.6 Å². The van der Waals surface area contributed by atoms with Crippen molar-refractivity contribution in [2.45, 2.75) is 141 Å². The average molecular weight is 1370 g/mol. The number of nitrogens with two attached hydrogens (primary N) is 1. The Morgan fingerprint density at radius 3 is 2.09 bits per heavy atom. The van der Waals surface area contributed by atoms with Gasteiger partial charge in [-0.05, 0) is 141 Å². The second-order valence-corrected chi connectivity index (χ2v) is 26.4. The van der Waals surface area contributed by atoms with Gasteiger partial charge in [0.25, 0.3) is 11.8 Å². The van der Waals surface area contributed by atoms with Gasteiger partial charge in [-0.2, -0.15) is 0 Å². The van der Waals surface area contributed by atoms with E-state index in [0.29, 0.717) is 104 Å². The highest BCUT2D eigenvalue weighted by Gasteiger charge is 2.50. The van der Waals surface area contributed by atoms with Crippen molar-refractivity contribution in [3.05, 3.63) is 113 Å². The maximum Gasteiger partial charge on any atom is 0.416 e. The Morgan fingerprint density at radius 2 is 1.39 bits per heavy atom. The Balaban J connectivity index is 0.686. The number of carbonyl (C=O) groups is 8. The second kappa shape index (κ2) is 33.2. The van der Waals surface area contributed by atoms with E-state index in [-0.39, 0.29) is 66.3 Å². The van der Waals surface area contributed by atoms with Crippen LogP contribution in [0.2, 0.25) is 0 Å². The molecule has 4 heterocycles. The largest absolute Gasteiger partial charge is 0.497 e. The normalized spacial score (nSPS) is 20.8. The summed E-state index contributed by atoms with van der Waals surface area (Å²) in [6, 6.07) is 17.9. The molecule has 2 aliphatic carbocycles. The number of ether oxygens (including phenoxy) is 7. The van der Waals surface area contributed by atoms with E-state index in [1.807, 2.05) is 36.5 Å². The predicted molar refractivity (Wildman–Crippen MR) is 366 cm³/mol. The van der Waals surface area contributed by atoms with Crippen LogP contribution in [-0.4, -0.2) is 160 Å². The molecule has 12 N–H and O–H groups in total. The molecule has 0 spiro atoms. The maximum absolute atomic E-state index is 14.6. The van der Waals surface area contributed by atoms with Crippen LogP contribution in [0, 0.1) is 23.7 Å². The van der Waals surface area contributed by atoms with E-state index in [9.17, 15) is 43.5 Å². The summed E-state index contributed by atoms with van der Waals surface area (Å²) < 4.78 is 40.7. The summed E-state index contributed by atoms with van der Waals surface area (Å²) in [6.07, 6.45) is 8.55. The number of quaternary nitrogens is 1. The van der Waals surface area contributed by atoms with Gasteiger partial charge in [0.15, 0.2) is 29.2 Å². The summed E-state index contributed by atoms with van der Waals surface area (Å²) >= 11 is 0. The highest BCUT2D eigenvalue weighted by molar-refractivity contribution is 6.06. The van der Waals surface area contributed by atoms with Crippen molar-refractivity contribution in [3.63, 3.8) is 0 Å². The molecule has 8 amide bonds. The van der Waals surface area contributed by atoms with Gasteiger partial charge in [-0.1, -0.05) is 57.4 Å². The Bertz CT molecular complexity index is 3650. The summed E-state index contributed by atoms with van der Waals surface area (Å²) in [4.78, 5) is 112. The highest BCUT2D eigenvalue weighted by Crippen LogP contribution is 2.53. The number of hydrogen-bond acceptors (Lipinski definition) is 18. The molecule has 4 aromatic rings. The number of anilines is 3. The molecule has 4 aliphatic heterocycles. The van der Waals surface area contributed by atoms with Crippen LogP contribution in [0.25, 0.3) is 5.57 Å². The lowest BCUT2D eigenvalue weighted by atomic mass is 10.0. The third-order valence-corrected chi connectivity index (χ3v) is 19.4. The zero-order valence-corrected chi connectivity index (χ0v) is 57.2. The fourth-order valence-corrected chi connectivity index (χ4v) is 13.6. The van der Waals surface area contributed by atoms with Crippen LogP contribution in [-0.2, 0) is 35.3 Å². The van der Waals surface area contributed by atoms with Gasteiger partial charge in [-0.15, -0.1) is 0 Å².